The van der Waals surface area contributed by atoms with Crippen molar-refractivity contribution in [2.24, 2.45) is 0 Å². The van der Waals surface area contributed by atoms with Crippen molar-refractivity contribution in [3.63, 3.8) is 0 Å². The number of rotatable bonds is 8. The smallest absolute Gasteiger partial charge is 0.193 e. The van der Waals surface area contributed by atoms with Crippen LogP contribution in [-0.2, 0) is 9.22 Å². The summed E-state index contributed by atoms with van der Waals surface area (Å²) in [6.07, 6.45) is 2.52. The first kappa shape index (κ1) is 21.1. The van der Waals surface area contributed by atoms with Gasteiger partial charge in [0.1, 0.15) is 11.9 Å². The minimum Gasteiger partial charge on any atom is -0.494 e. The molecule has 0 aromatic heterocycles. The fraction of sp³-hybridized carbons (Fsp3) is 0.667. The van der Waals surface area contributed by atoms with Crippen molar-refractivity contribution in [1.82, 2.24) is 0 Å². The highest BCUT2D eigenvalue weighted by molar-refractivity contribution is 6.74. The maximum Gasteiger partial charge on any atom is 0.193 e. The van der Waals surface area contributed by atoms with Gasteiger partial charge in [0, 0.05) is 12.8 Å². The monoisotopic (exact) mass is 378 g/mol. The first-order valence-corrected chi connectivity index (χ1v) is 12.5. The van der Waals surface area contributed by atoms with Gasteiger partial charge in [-0.15, -0.1) is 0 Å². The molecule has 2 atom stereocenters. The van der Waals surface area contributed by atoms with Crippen molar-refractivity contribution >= 4 is 14.1 Å². The van der Waals surface area contributed by atoms with Crippen molar-refractivity contribution in [2.45, 2.75) is 82.7 Å². The van der Waals surface area contributed by atoms with E-state index in [9.17, 15) is 9.90 Å². The molecule has 146 valence electrons. The van der Waals surface area contributed by atoms with Crippen LogP contribution in [0.3, 0.4) is 0 Å². The maximum absolute atomic E-state index is 12.4. The molecule has 1 saturated carbocycles. The zero-order chi connectivity index (χ0) is 19.4. The highest BCUT2D eigenvalue weighted by Gasteiger charge is 2.48. The van der Waals surface area contributed by atoms with Gasteiger partial charge in [0.25, 0.3) is 0 Å². The van der Waals surface area contributed by atoms with Gasteiger partial charge >= 0.3 is 0 Å². The molecule has 1 aromatic carbocycles. The quantitative estimate of drug-likeness (QED) is 0.525. The summed E-state index contributed by atoms with van der Waals surface area (Å²) in [7, 11) is -2.01. The second-order valence-electron chi connectivity index (χ2n) is 9.06. The Labute approximate surface area is 159 Å². The van der Waals surface area contributed by atoms with Crippen molar-refractivity contribution in [1.29, 1.82) is 0 Å². The van der Waals surface area contributed by atoms with Crippen LogP contribution in [0.1, 0.15) is 52.9 Å². The number of hydrogen-bond donors (Lipinski definition) is 1. The van der Waals surface area contributed by atoms with E-state index in [1.54, 1.807) is 0 Å². The van der Waals surface area contributed by atoms with Crippen LogP contribution in [0, 0.1) is 0 Å². The average molecular weight is 379 g/mol. The molecule has 0 heterocycles. The highest BCUT2D eigenvalue weighted by atomic mass is 28.4. The first-order valence-electron chi connectivity index (χ1n) is 9.63. The van der Waals surface area contributed by atoms with Crippen LogP contribution in [0.15, 0.2) is 30.3 Å². The van der Waals surface area contributed by atoms with E-state index in [1.165, 1.54) is 0 Å². The number of aliphatic hydroxyl groups is 1. The van der Waals surface area contributed by atoms with E-state index in [4.69, 9.17) is 9.16 Å². The normalized spacial score (nSPS) is 24.1. The van der Waals surface area contributed by atoms with Crippen molar-refractivity contribution in [3.8, 4) is 5.75 Å². The van der Waals surface area contributed by atoms with Gasteiger partial charge in [-0.1, -0.05) is 39.0 Å². The molecule has 0 saturated heterocycles. The molecule has 0 amide bonds. The number of hydrogen-bond acceptors (Lipinski definition) is 4. The molecule has 1 fully saturated rings. The molecule has 1 aliphatic carbocycles. The van der Waals surface area contributed by atoms with Crippen LogP contribution in [0.5, 0.6) is 5.75 Å². The lowest BCUT2D eigenvalue weighted by atomic mass is 9.95. The minimum absolute atomic E-state index is 0.0536. The van der Waals surface area contributed by atoms with Gasteiger partial charge in [0.15, 0.2) is 14.1 Å². The molecule has 5 heteroatoms. The fourth-order valence-corrected chi connectivity index (χ4v) is 4.34. The number of ketones is 1. The number of para-hydroxylation sites is 1. The van der Waals surface area contributed by atoms with E-state index in [2.05, 4.69) is 33.9 Å². The van der Waals surface area contributed by atoms with Crippen LogP contribution in [0.25, 0.3) is 0 Å². The summed E-state index contributed by atoms with van der Waals surface area (Å²) < 4.78 is 11.9. The second-order valence-corrected chi connectivity index (χ2v) is 13.8. The molecule has 0 aliphatic heterocycles. The molecule has 2 unspecified atom stereocenters. The molecular weight excluding hydrogens is 344 g/mol. The predicted octanol–water partition coefficient (Wildman–Crippen LogP) is 4.72. The lowest BCUT2D eigenvalue weighted by molar-refractivity contribution is -0.124. The van der Waals surface area contributed by atoms with Crippen molar-refractivity contribution < 1.29 is 19.1 Å². The summed E-state index contributed by atoms with van der Waals surface area (Å²) in [5.41, 5.74) is -0.920. The van der Waals surface area contributed by atoms with Crippen LogP contribution in [0.4, 0.5) is 0 Å². The fourth-order valence-electron chi connectivity index (χ4n) is 3.06. The predicted molar refractivity (Wildman–Crippen MR) is 107 cm³/mol. The maximum atomic E-state index is 12.4. The van der Waals surface area contributed by atoms with E-state index in [1.807, 2.05) is 30.3 Å². The molecular formula is C21H34O4Si. The summed E-state index contributed by atoms with van der Waals surface area (Å²) in [6, 6.07) is 9.73. The SMILES string of the molecule is CC(C)(C)[Si](C)(C)OC1CC(O)(CCCCOc2ccccc2)CC1=O. The molecule has 0 radical (unpaired) electrons. The molecule has 2 rings (SSSR count). The lowest BCUT2D eigenvalue weighted by Crippen LogP contribution is -2.45. The van der Waals surface area contributed by atoms with Crippen LogP contribution < -0.4 is 4.74 Å². The molecule has 1 aromatic rings. The third-order valence-electron chi connectivity index (χ3n) is 5.72. The van der Waals surface area contributed by atoms with Crippen LogP contribution in [0.2, 0.25) is 18.1 Å². The van der Waals surface area contributed by atoms with E-state index < -0.39 is 20.0 Å². The summed E-state index contributed by atoms with van der Waals surface area (Å²) in [5.74, 6) is 0.919. The van der Waals surface area contributed by atoms with Gasteiger partial charge in [-0.05, 0) is 49.5 Å². The molecule has 26 heavy (non-hydrogen) atoms. The van der Waals surface area contributed by atoms with Crippen molar-refractivity contribution in [2.75, 3.05) is 6.61 Å². The second kappa shape index (κ2) is 8.24. The Bertz CT molecular complexity index is 594. The first-order chi connectivity index (χ1) is 12.0. The van der Waals surface area contributed by atoms with E-state index >= 15 is 0 Å². The lowest BCUT2D eigenvalue weighted by Gasteiger charge is -2.38. The largest absolute Gasteiger partial charge is 0.494 e. The average Bonchev–Trinajstić information content (AvgIpc) is 2.80. The Hall–Kier alpha value is -1.17. The number of ether oxygens (including phenoxy) is 1. The van der Waals surface area contributed by atoms with Gasteiger partial charge in [0.05, 0.1) is 12.2 Å². The summed E-state index contributed by atoms with van der Waals surface area (Å²) in [5, 5.41) is 10.9. The summed E-state index contributed by atoms with van der Waals surface area (Å²) >= 11 is 0. The van der Waals surface area contributed by atoms with E-state index in [0.717, 1.165) is 18.6 Å². The number of benzene rings is 1. The van der Waals surface area contributed by atoms with E-state index in [-0.39, 0.29) is 17.2 Å². The van der Waals surface area contributed by atoms with Gasteiger partial charge in [0.2, 0.25) is 0 Å². The molecule has 0 spiro atoms. The third-order valence-corrected chi connectivity index (χ3v) is 10.2. The molecule has 1 aliphatic rings. The third kappa shape index (κ3) is 5.66. The van der Waals surface area contributed by atoms with Gasteiger partial charge in [-0.25, -0.2) is 0 Å². The number of carbonyl (C=O) groups is 1. The Balaban J connectivity index is 1.77. The zero-order valence-corrected chi connectivity index (χ0v) is 17.9. The Kier molecular flexibility index (Phi) is 6.69. The van der Waals surface area contributed by atoms with Gasteiger partial charge < -0.3 is 14.3 Å². The van der Waals surface area contributed by atoms with Gasteiger partial charge in [-0.2, -0.15) is 0 Å². The molecule has 0 bridgehead atoms. The number of carbonyl (C=O) groups excluding carboxylic acids is 1. The zero-order valence-electron chi connectivity index (χ0n) is 16.9. The highest BCUT2D eigenvalue weighted by Crippen LogP contribution is 2.41. The van der Waals surface area contributed by atoms with Crippen LogP contribution >= 0.6 is 0 Å². The molecule has 1 N–H and O–H groups in total. The summed E-state index contributed by atoms with van der Waals surface area (Å²) in [6.45, 7) is 11.4. The van der Waals surface area contributed by atoms with Crippen LogP contribution in [-0.4, -0.2) is 37.5 Å². The number of Topliss-reactive ketones (excluding diaryl/α,β-unsaturated/α-hetero) is 1. The summed E-state index contributed by atoms with van der Waals surface area (Å²) in [4.78, 5) is 12.4. The topological polar surface area (TPSA) is 55.8 Å². The molecule has 4 nitrogen and oxygen atoms in total. The van der Waals surface area contributed by atoms with Crippen molar-refractivity contribution in [3.05, 3.63) is 30.3 Å². The Morgan fingerprint density at radius 3 is 2.46 bits per heavy atom. The van der Waals surface area contributed by atoms with Gasteiger partial charge in [-0.3, -0.25) is 4.79 Å². The Morgan fingerprint density at radius 1 is 1.19 bits per heavy atom. The minimum atomic E-state index is -2.01. The van der Waals surface area contributed by atoms with E-state index in [0.29, 0.717) is 19.4 Å². The standard InChI is InChI=1S/C21H34O4Si/c1-20(2,3)26(4,5)25-19-16-21(23,15-18(19)22)13-9-10-14-24-17-11-7-6-8-12-17/h6-8,11-12,19,23H,9-10,13-16H2,1-5H3. The Morgan fingerprint density at radius 2 is 1.85 bits per heavy atom. The number of unbranched alkanes of at least 4 members (excludes halogenated alkanes) is 1.